The molecular formula is C20H30N4O4S. The Morgan fingerprint density at radius 1 is 1.34 bits per heavy atom. The van der Waals surface area contributed by atoms with Crippen LogP contribution in [0.5, 0.6) is 0 Å². The topological polar surface area (TPSA) is 139 Å². The molecule has 9 heteroatoms. The maximum atomic E-state index is 12.3. The maximum absolute atomic E-state index is 12.3. The molecule has 0 aromatic rings. The Morgan fingerprint density at radius 2 is 1.97 bits per heavy atom. The highest BCUT2D eigenvalue weighted by atomic mass is 32.2. The van der Waals surface area contributed by atoms with Crippen LogP contribution in [0.3, 0.4) is 0 Å². The Hall–Kier alpha value is -2.10. The van der Waals surface area contributed by atoms with Gasteiger partial charge in [-0.25, -0.2) is 4.79 Å². The zero-order chi connectivity index (χ0) is 21.9. The highest BCUT2D eigenvalue weighted by Crippen LogP contribution is 2.40. The fourth-order valence-corrected chi connectivity index (χ4v) is 4.35. The number of fused-ring (bicyclic) bond motifs is 1. The molecule has 8 nitrogen and oxygen atoms in total. The predicted octanol–water partition coefficient (Wildman–Crippen LogP) is 1.09. The summed E-state index contributed by atoms with van der Waals surface area (Å²) in [6.07, 6.45) is 7.26. The van der Waals surface area contributed by atoms with E-state index in [4.69, 9.17) is 11.5 Å². The van der Waals surface area contributed by atoms with Gasteiger partial charge < -0.3 is 21.9 Å². The van der Waals surface area contributed by atoms with E-state index in [0.29, 0.717) is 17.7 Å². The smallest absolute Gasteiger partial charge is 0.352 e. The molecule has 3 rings (SSSR count). The van der Waals surface area contributed by atoms with Gasteiger partial charge in [-0.15, -0.1) is 11.8 Å². The molecule has 1 unspecified atom stereocenters. The first kappa shape index (κ1) is 23.2. The van der Waals surface area contributed by atoms with E-state index >= 15 is 0 Å². The molecule has 0 spiro atoms. The molecule has 0 saturated carbocycles. The van der Waals surface area contributed by atoms with Crippen molar-refractivity contribution >= 4 is 29.5 Å². The van der Waals surface area contributed by atoms with Crippen molar-refractivity contribution in [2.24, 2.45) is 11.5 Å². The molecule has 1 aliphatic carbocycles. The summed E-state index contributed by atoms with van der Waals surface area (Å²) in [5.74, 6) is -1.41. The van der Waals surface area contributed by atoms with Crippen molar-refractivity contribution in [2.45, 2.75) is 63.5 Å². The lowest BCUT2D eigenvalue weighted by Gasteiger charge is -2.49. The van der Waals surface area contributed by atoms with Crippen LogP contribution >= 0.6 is 11.8 Å². The van der Waals surface area contributed by atoms with Gasteiger partial charge in [-0.1, -0.05) is 18.2 Å². The van der Waals surface area contributed by atoms with Crippen molar-refractivity contribution in [1.29, 1.82) is 0 Å². The molecule has 0 aromatic carbocycles. The van der Waals surface area contributed by atoms with E-state index in [0.717, 1.165) is 12.0 Å². The summed E-state index contributed by atoms with van der Waals surface area (Å²) in [6, 6.07) is -1.52. The summed E-state index contributed by atoms with van der Waals surface area (Å²) in [7, 11) is 0. The normalized spacial score (nSPS) is 24.6. The van der Waals surface area contributed by atoms with E-state index < -0.39 is 29.9 Å². The Kier molecular flexibility index (Phi) is 7.31. The predicted molar refractivity (Wildman–Crippen MR) is 114 cm³/mol. The summed E-state index contributed by atoms with van der Waals surface area (Å²) >= 11 is 1.45. The number of rotatable bonds is 4. The average molecular weight is 423 g/mol. The Balaban J connectivity index is 0.000000537. The van der Waals surface area contributed by atoms with Crippen molar-refractivity contribution in [3.8, 4) is 0 Å². The second kappa shape index (κ2) is 9.15. The zero-order valence-corrected chi connectivity index (χ0v) is 18.1. The van der Waals surface area contributed by atoms with Crippen LogP contribution in [0.15, 0.2) is 35.1 Å². The number of amides is 2. The maximum Gasteiger partial charge on any atom is 0.352 e. The number of nitrogens with zero attached hydrogens (tertiary/aromatic N) is 1. The summed E-state index contributed by atoms with van der Waals surface area (Å²) in [5.41, 5.74) is 12.8. The van der Waals surface area contributed by atoms with Gasteiger partial charge in [0.05, 0.1) is 0 Å². The quantitative estimate of drug-likeness (QED) is 0.393. The number of β-lactam (4-membered cyclic amide) rings is 1. The Labute approximate surface area is 175 Å². The molecule has 0 radical (unpaired) electrons. The summed E-state index contributed by atoms with van der Waals surface area (Å²) in [5, 5.41) is 11.6. The highest BCUT2D eigenvalue weighted by molar-refractivity contribution is 8.00. The molecule has 1 saturated heterocycles. The van der Waals surface area contributed by atoms with Crippen LogP contribution in [0.25, 0.3) is 0 Å². The molecule has 160 valence electrons. The third-order valence-electron chi connectivity index (χ3n) is 4.38. The number of aliphatic carboxylic acids is 1. The van der Waals surface area contributed by atoms with Gasteiger partial charge in [-0.05, 0) is 51.7 Å². The van der Waals surface area contributed by atoms with E-state index in [-0.39, 0.29) is 16.6 Å². The SMILES string of the molecule is CC(C)(C)N.CC1=C(C(=O)O)N2C(=O)[C@@H](NC(=O)C(N)C3=CCC=CC3)[C@H]2SC1. The van der Waals surface area contributed by atoms with Gasteiger partial charge in [0.25, 0.3) is 5.91 Å². The molecule has 2 amide bonds. The van der Waals surface area contributed by atoms with Crippen molar-refractivity contribution in [3.05, 3.63) is 35.1 Å². The number of carbonyl (C=O) groups excluding carboxylic acids is 2. The van der Waals surface area contributed by atoms with Crippen molar-refractivity contribution in [3.63, 3.8) is 0 Å². The second-order valence-electron chi connectivity index (χ2n) is 8.36. The Bertz CT molecular complexity index is 776. The number of hydrogen-bond donors (Lipinski definition) is 4. The minimum absolute atomic E-state index is 0. The number of nitrogens with one attached hydrogen (secondary N) is 1. The van der Waals surface area contributed by atoms with Gasteiger partial charge >= 0.3 is 5.97 Å². The van der Waals surface area contributed by atoms with Crippen LogP contribution in [0.4, 0.5) is 0 Å². The number of carboxylic acids is 1. The van der Waals surface area contributed by atoms with Crippen LogP contribution in [-0.2, 0) is 14.4 Å². The number of allylic oxidation sites excluding steroid dienone is 3. The second-order valence-corrected chi connectivity index (χ2v) is 9.47. The lowest BCUT2D eigenvalue weighted by atomic mass is 9.97. The molecule has 6 N–H and O–H groups in total. The molecule has 3 atom stereocenters. The van der Waals surface area contributed by atoms with Gasteiger partial charge in [0.15, 0.2) is 0 Å². The third kappa shape index (κ3) is 5.71. The van der Waals surface area contributed by atoms with Gasteiger partial charge in [0.2, 0.25) is 5.91 Å². The summed E-state index contributed by atoms with van der Waals surface area (Å²) < 4.78 is 0. The molecule has 2 aliphatic heterocycles. The van der Waals surface area contributed by atoms with Gasteiger partial charge in [-0.2, -0.15) is 0 Å². The van der Waals surface area contributed by atoms with E-state index in [9.17, 15) is 19.5 Å². The molecule has 3 aliphatic rings. The molecule has 0 bridgehead atoms. The molecular weight excluding hydrogens is 392 g/mol. The fourth-order valence-electron chi connectivity index (χ4n) is 3.06. The van der Waals surface area contributed by atoms with E-state index in [2.05, 4.69) is 5.32 Å². The first-order chi connectivity index (χ1) is 13.4. The zero-order valence-electron chi connectivity index (χ0n) is 17.3. The number of nitrogens with two attached hydrogens (primary N) is 2. The highest BCUT2D eigenvalue weighted by Gasteiger charge is 2.53. The van der Waals surface area contributed by atoms with Crippen LogP contribution < -0.4 is 16.8 Å². The van der Waals surface area contributed by atoms with E-state index in [1.807, 2.05) is 39.0 Å². The standard InChI is InChI=1S/C16H19N3O4S.C4H11N/c1-8-7-24-15-11(14(21)19(15)12(8)16(22)23)18-13(20)10(17)9-5-3-2-4-6-9;1-4(2,3)5/h2-3,6,10-11,15H,4-5,7,17H2,1H3,(H,18,20)(H,22,23);5H2,1-3H3/t10?,11-,15-;/m1./s1. The van der Waals surface area contributed by atoms with E-state index in [1.165, 1.54) is 16.7 Å². The van der Waals surface area contributed by atoms with Gasteiger partial charge in [0, 0.05) is 11.3 Å². The number of thioether (sulfide) groups is 1. The molecule has 1 fully saturated rings. The van der Waals surface area contributed by atoms with Crippen molar-refractivity contribution < 1.29 is 19.5 Å². The van der Waals surface area contributed by atoms with Crippen LogP contribution in [0.2, 0.25) is 0 Å². The van der Waals surface area contributed by atoms with Crippen molar-refractivity contribution in [2.75, 3.05) is 5.75 Å². The number of carboxylic acid groups (broad SMARTS) is 1. The first-order valence-corrected chi connectivity index (χ1v) is 10.5. The van der Waals surface area contributed by atoms with Gasteiger partial charge in [0.1, 0.15) is 23.2 Å². The minimum Gasteiger partial charge on any atom is -0.477 e. The number of hydrogen-bond acceptors (Lipinski definition) is 6. The first-order valence-electron chi connectivity index (χ1n) is 9.48. The number of carbonyl (C=O) groups is 3. The largest absolute Gasteiger partial charge is 0.477 e. The Morgan fingerprint density at radius 3 is 2.48 bits per heavy atom. The van der Waals surface area contributed by atoms with Crippen LogP contribution in [-0.4, -0.2) is 56.5 Å². The third-order valence-corrected chi connectivity index (χ3v) is 5.80. The molecule has 0 aromatic heterocycles. The van der Waals surface area contributed by atoms with Gasteiger partial charge in [-0.3, -0.25) is 14.5 Å². The summed E-state index contributed by atoms with van der Waals surface area (Å²) in [6.45, 7) is 7.60. The van der Waals surface area contributed by atoms with Crippen LogP contribution in [0, 0.1) is 0 Å². The van der Waals surface area contributed by atoms with Crippen LogP contribution in [0.1, 0.15) is 40.5 Å². The molecule has 29 heavy (non-hydrogen) atoms. The lowest BCUT2D eigenvalue weighted by Crippen LogP contribution is -2.71. The monoisotopic (exact) mass is 422 g/mol. The summed E-state index contributed by atoms with van der Waals surface area (Å²) in [4.78, 5) is 37.3. The minimum atomic E-state index is -1.12. The average Bonchev–Trinajstić information content (AvgIpc) is 2.64. The lowest BCUT2D eigenvalue weighted by molar-refractivity contribution is -0.150. The van der Waals surface area contributed by atoms with E-state index in [1.54, 1.807) is 6.92 Å². The van der Waals surface area contributed by atoms with Crippen molar-refractivity contribution in [1.82, 2.24) is 10.2 Å². The fraction of sp³-hybridized carbons (Fsp3) is 0.550. The molecule has 2 heterocycles.